The van der Waals surface area contributed by atoms with Crippen LogP contribution in [0, 0.1) is 11.3 Å². The number of aromatic nitrogens is 4. The Bertz CT molecular complexity index is 4540. The quantitative estimate of drug-likeness (QED) is 0.177. The molecule has 0 bridgehead atoms. The number of nitrogens with zero attached hydrogens (tertiary/aromatic N) is 5. The van der Waals surface area contributed by atoms with E-state index in [-0.39, 0.29) is 5.56 Å². The van der Waals surface area contributed by atoms with Crippen molar-refractivity contribution >= 4 is 87.4 Å². The first kappa shape index (κ1) is 35.4. The molecule has 0 aliphatic rings. The Balaban J connectivity index is 1.02. The molecule has 5 heterocycles. The van der Waals surface area contributed by atoms with Gasteiger partial charge >= 0.3 is 0 Å². The predicted octanol–water partition coefficient (Wildman–Crippen LogP) is 12.8. The third-order valence-electron chi connectivity index (χ3n) is 13.4. The molecule has 5 aromatic heterocycles. The zero-order chi connectivity index (χ0) is 43.1. The van der Waals surface area contributed by atoms with Gasteiger partial charge in [-0.15, -0.1) is 0 Å². The molecular formula is C57H31N5O3. The van der Waals surface area contributed by atoms with Crippen LogP contribution in [0.1, 0.15) is 5.56 Å². The van der Waals surface area contributed by atoms with Gasteiger partial charge in [-0.05, 0) is 71.8 Å². The molecule has 8 nitrogen and oxygen atoms in total. The lowest BCUT2D eigenvalue weighted by molar-refractivity contribution is 0.667. The highest BCUT2D eigenvalue weighted by atomic mass is 16.3. The van der Waals surface area contributed by atoms with Crippen molar-refractivity contribution in [3.63, 3.8) is 0 Å². The Morgan fingerprint density at radius 3 is 1.77 bits per heavy atom. The van der Waals surface area contributed by atoms with E-state index in [4.69, 9.17) is 4.42 Å². The second kappa shape index (κ2) is 12.9. The number of rotatable bonds is 4. The first-order valence-electron chi connectivity index (χ1n) is 21.5. The van der Waals surface area contributed by atoms with E-state index in [1.165, 1.54) is 9.90 Å². The van der Waals surface area contributed by atoms with E-state index in [1.807, 2.05) is 54.6 Å². The fourth-order valence-corrected chi connectivity index (χ4v) is 10.6. The maximum Gasteiger partial charge on any atom is 0.282 e. The Morgan fingerprint density at radius 2 is 1.00 bits per heavy atom. The van der Waals surface area contributed by atoms with Crippen LogP contribution in [0.15, 0.2) is 202 Å². The van der Waals surface area contributed by atoms with Gasteiger partial charge in [0.05, 0.1) is 61.2 Å². The zero-order valence-corrected chi connectivity index (χ0v) is 34.4. The molecular weight excluding hydrogens is 803 g/mol. The Kier molecular flexibility index (Phi) is 7.04. The summed E-state index contributed by atoms with van der Waals surface area (Å²) in [7, 11) is 0. The Hall–Kier alpha value is -9.19. The summed E-state index contributed by atoms with van der Waals surface area (Å²) < 4.78 is 14.8. The number of hydrogen-bond donors (Lipinski definition) is 0. The Labute approximate surface area is 367 Å². The molecule has 0 amide bonds. The van der Waals surface area contributed by atoms with E-state index in [1.54, 1.807) is 22.7 Å². The second-order valence-electron chi connectivity index (χ2n) is 16.7. The lowest BCUT2D eigenvalue weighted by Crippen LogP contribution is -2.21. The summed E-state index contributed by atoms with van der Waals surface area (Å²) in [6.45, 7) is 0. The van der Waals surface area contributed by atoms with Gasteiger partial charge in [-0.25, -0.2) is 4.52 Å². The molecule has 0 unspecified atom stereocenters. The van der Waals surface area contributed by atoms with E-state index in [9.17, 15) is 14.9 Å². The molecule has 65 heavy (non-hydrogen) atoms. The van der Waals surface area contributed by atoms with Crippen LogP contribution >= 0.6 is 0 Å². The largest absolute Gasteiger partial charge is 0.453 e. The summed E-state index contributed by atoms with van der Waals surface area (Å²) in [5, 5.41) is 17.1. The van der Waals surface area contributed by atoms with Crippen molar-refractivity contribution in [3.05, 3.63) is 214 Å². The molecule has 9 aromatic carbocycles. The van der Waals surface area contributed by atoms with Gasteiger partial charge in [0.15, 0.2) is 5.58 Å². The number of furan rings is 1. The van der Waals surface area contributed by atoms with Crippen molar-refractivity contribution in [1.82, 2.24) is 18.2 Å². The van der Waals surface area contributed by atoms with Crippen LogP contribution in [0.5, 0.6) is 0 Å². The van der Waals surface area contributed by atoms with Crippen LogP contribution < -0.4 is 11.1 Å². The molecule has 14 rings (SSSR count). The van der Waals surface area contributed by atoms with Gasteiger partial charge in [-0.2, -0.15) is 9.78 Å². The summed E-state index contributed by atoms with van der Waals surface area (Å²) in [5.74, 6) is 0. The number of nitriles is 1. The maximum atomic E-state index is 14.3. The van der Waals surface area contributed by atoms with E-state index < -0.39 is 5.56 Å². The highest BCUT2D eigenvalue weighted by molar-refractivity contribution is 6.24. The van der Waals surface area contributed by atoms with Gasteiger partial charge in [0.2, 0.25) is 0 Å². The summed E-state index contributed by atoms with van der Waals surface area (Å²) in [5.41, 5.74) is 12.0. The van der Waals surface area contributed by atoms with Crippen molar-refractivity contribution in [1.29, 1.82) is 5.26 Å². The van der Waals surface area contributed by atoms with Crippen molar-refractivity contribution < 1.29 is 4.42 Å². The highest BCUT2D eigenvalue weighted by Crippen LogP contribution is 2.45. The van der Waals surface area contributed by atoms with Gasteiger partial charge in [0.25, 0.3) is 11.1 Å². The van der Waals surface area contributed by atoms with Crippen molar-refractivity contribution in [2.24, 2.45) is 0 Å². The van der Waals surface area contributed by atoms with E-state index in [0.717, 1.165) is 88.2 Å². The van der Waals surface area contributed by atoms with Gasteiger partial charge in [0, 0.05) is 49.1 Å². The van der Waals surface area contributed by atoms with Gasteiger partial charge in [-0.3, -0.25) is 9.59 Å². The van der Waals surface area contributed by atoms with Gasteiger partial charge in [0.1, 0.15) is 5.58 Å². The van der Waals surface area contributed by atoms with E-state index in [0.29, 0.717) is 33.0 Å². The molecule has 0 aliphatic heterocycles. The van der Waals surface area contributed by atoms with E-state index >= 15 is 0 Å². The monoisotopic (exact) mass is 833 g/mol. The molecule has 14 aromatic rings. The molecule has 302 valence electrons. The summed E-state index contributed by atoms with van der Waals surface area (Å²) in [6.07, 6.45) is 0. The number of benzene rings is 9. The maximum absolute atomic E-state index is 14.3. The lowest BCUT2D eigenvalue weighted by Gasteiger charge is -2.12. The lowest BCUT2D eigenvalue weighted by atomic mass is 10.00. The fraction of sp³-hybridized carbons (Fsp3) is 0. The minimum absolute atomic E-state index is 0.389. The topological polar surface area (TPSA) is 89.8 Å². The predicted molar refractivity (Wildman–Crippen MR) is 261 cm³/mol. The molecule has 0 saturated carbocycles. The van der Waals surface area contributed by atoms with Crippen molar-refractivity contribution in [3.8, 4) is 39.7 Å². The molecule has 8 heteroatoms. The SMILES string of the molecule is N#Cc1cccc(-c2cccc3c(=O)n4c(=O)c5cc(-c6cccc7c6oc6c(-n8c9ccccc9c9ccc%10c%11ccccc%11n(-c%11ccccc%11)c%10c98)cccc67)ccc5n4c23)c1. The average Bonchev–Trinajstić information content (AvgIpc) is 4.15. The molecule has 0 spiro atoms. The Morgan fingerprint density at radius 1 is 0.400 bits per heavy atom. The molecule has 0 aliphatic carbocycles. The first-order valence-corrected chi connectivity index (χ1v) is 21.5. The number of fused-ring (bicyclic) bond motifs is 15. The smallest absolute Gasteiger partial charge is 0.282 e. The van der Waals surface area contributed by atoms with Crippen LogP contribution in [0.3, 0.4) is 0 Å². The van der Waals surface area contributed by atoms with Crippen molar-refractivity contribution in [2.75, 3.05) is 0 Å². The fourth-order valence-electron chi connectivity index (χ4n) is 10.6. The highest BCUT2D eigenvalue weighted by Gasteiger charge is 2.25. The number of para-hydroxylation sites is 6. The van der Waals surface area contributed by atoms with Crippen molar-refractivity contribution in [2.45, 2.75) is 0 Å². The third-order valence-corrected chi connectivity index (χ3v) is 13.4. The van der Waals surface area contributed by atoms with Crippen LogP contribution in [0.2, 0.25) is 0 Å². The van der Waals surface area contributed by atoms with Crippen LogP contribution in [0.4, 0.5) is 0 Å². The number of hydrogen-bond acceptors (Lipinski definition) is 4. The molecule has 0 radical (unpaired) electrons. The van der Waals surface area contributed by atoms with Gasteiger partial charge in [-0.1, -0.05) is 127 Å². The minimum Gasteiger partial charge on any atom is -0.453 e. The molecule has 0 fully saturated rings. The third kappa shape index (κ3) is 4.68. The average molecular weight is 834 g/mol. The summed E-state index contributed by atoms with van der Waals surface area (Å²) in [6, 6.07) is 65.5. The molecule has 0 atom stereocenters. The normalized spacial score (nSPS) is 12.1. The molecule has 0 saturated heterocycles. The van der Waals surface area contributed by atoms with Crippen LogP contribution in [0.25, 0.3) is 121 Å². The van der Waals surface area contributed by atoms with Gasteiger partial charge < -0.3 is 13.6 Å². The van der Waals surface area contributed by atoms with Crippen LogP contribution in [-0.4, -0.2) is 18.2 Å². The standard InChI is InChI=1S/C57H31N5O3/c58-32-33-12-8-13-34(30-33)37-18-9-22-45-51(37)61-49-29-26-35(31-46(49)57(64)62(61)56(45)63)38-19-10-20-43-44-21-11-25-50(55(44)65-54(38)43)60-48-24-7-5-17-40(48)42-28-27-41-39-16-4-6-23-47(39)59(52(41)53(42)60)36-14-2-1-3-15-36/h1-31H. The summed E-state index contributed by atoms with van der Waals surface area (Å²) >= 11 is 0. The van der Waals surface area contributed by atoms with E-state index in [2.05, 4.69) is 130 Å². The molecule has 0 N–H and O–H groups in total. The minimum atomic E-state index is -0.399. The zero-order valence-electron chi connectivity index (χ0n) is 34.4. The second-order valence-corrected chi connectivity index (χ2v) is 16.7. The summed E-state index contributed by atoms with van der Waals surface area (Å²) in [4.78, 5) is 28.3. The first-order chi connectivity index (χ1) is 32.1. The van der Waals surface area contributed by atoms with Crippen LogP contribution in [-0.2, 0) is 0 Å².